The van der Waals surface area contributed by atoms with Crippen molar-refractivity contribution in [3.63, 3.8) is 0 Å². The van der Waals surface area contributed by atoms with Crippen molar-refractivity contribution < 1.29 is 17.9 Å². The summed E-state index contributed by atoms with van der Waals surface area (Å²) in [6.07, 6.45) is 2.71. The second-order valence-electron chi connectivity index (χ2n) is 7.88. The molecule has 0 saturated carbocycles. The SMILES string of the molecule is CO[C@@H]1CS(=O)(=O)C[C@H]1NC(=O)c1ccc(C2=CCN(C)CC2)c2ccccc12. The highest BCUT2D eigenvalue weighted by atomic mass is 32.2. The van der Waals surface area contributed by atoms with Crippen LogP contribution in [0.3, 0.4) is 0 Å². The van der Waals surface area contributed by atoms with Gasteiger partial charge in [0.25, 0.3) is 5.91 Å². The standard InChI is InChI=1S/C22H26N2O4S/c1-24-11-9-15(10-12-24)16-7-8-19(18-6-4-3-5-17(16)18)22(25)23-20-13-29(26,27)14-21(20)28-2/h3-9,20-21H,10-14H2,1-2H3,(H,23,25)/t20-,21-/m1/s1. The fourth-order valence-electron chi connectivity index (χ4n) is 4.22. The Labute approximate surface area is 171 Å². The molecular formula is C22H26N2O4S. The van der Waals surface area contributed by atoms with Crippen molar-refractivity contribution in [2.75, 3.05) is 38.8 Å². The van der Waals surface area contributed by atoms with Gasteiger partial charge in [0.05, 0.1) is 23.7 Å². The second kappa shape index (κ2) is 7.89. The highest BCUT2D eigenvalue weighted by Crippen LogP contribution is 2.31. The fraction of sp³-hybridized carbons (Fsp3) is 0.409. The van der Waals surface area contributed by atoms with Crippen LogP contribution in [0.5, 0.6) is 0 Å². The minimum atomic E-state index is -3.20. The van der Waals surface area contributed by atoms with Gasteiger partial charge in [0.2, 0.25) is 0 Å². The van der Waals surface area contributed by atoms with Crippen molar-refractivity contribution in [3.05, 3.63) is 53.6 Å². The number of fused-ring (bicyclic) bond motifs is 1. The Balaban J connectivity index is 1.67. The van der Waals surface area contributed by atoms with Crippen LogP contribution in [-0.4, -0.2) is 70.1 Å². The molecular weight excluding hydrogens is 388 g/mol. The Kier molecular flexibility index (Phi) is 5.46. The molecule has 2 aliphatic heterocycles. The number of hydrogen-bond acceptors (Lipinski definition) is 5. The average Bonchev–Trinajstić information content (AvgIpc) is 3.01. The van der Waals surface area contributed by atoms with E-state index in [0.717, 1.165) is 35.8 Å². The summed E-state index contributed by atoms with van der Waals surface area (Å²) in [4.78, 5) is 15.3. The van der Waals surface area contributed by atoms with Gasteiger partial charge in [0.15, 0.2) is 9.84 Å². The van der Waals surface area contributed by atoms with E-state index in [0.29, 0.717) is 5.56 Å². The zero-order valence-corrected chi connectivity index (χ0v) is 17.5. The third kappa shape index (κ3) is 4.08. The van der Waals surface area contributed by atoms with Crippen molar-refractivity contribution in [2.24, 2.45) is 0 Å². The van der Waals surface area contributed by atoms with E-state index in [1.807, 2.05) is 36.4 Å². The quantitative estimate of drug-likeness (QED) is 0.829. The molecule has 6 nitrogen and oxygen atoms in total. The van der Waals surface area contributed by atoms with Gasteiger partial charge in [-0.05, 0) is 41.4 Å². The van der Waals surface area contributed by atoms with Gasteiger partial charge in [-0.25, -0.2) is 8.42 Å². The summed E-state index contributed by atoms with van der Waals surface area (Å²) >= 11 is 0. The van der Waals surface area contributed by atoms with Crippen LogP contribution in [0, 0.1) is 0 Å². The van der Waals surface area contributed by atoms with Crippen LogP contribution in [0.15, 0.2) is 42.5 Å². The minimum Gasteiger partial charge on any atom is -0.378 e. The Bertz CT molecular complexity index is 1080. The average molecular weight is 415 g/mol. The van der Waals surface area contributed by atoms with Crippen LogP contribution in [0.2, 0.25) is 0 Å². The molecule has 0 bridgehead atoms. The topological polar surface area (TPSA) is 75.7 Å². The summed E-state index contributed by atoms with van der Waals surface area (Å²) in [5.41, 5.74) is 3.01. The lowest BCUT2D eigenvalue weighted by atomic mass is 9.91. The van der Waals surface area contributed by atoms with Gasteiger partial charge in [0, 0.05) is 25.8 Å². The molecule has 1 fully saturated rings. The van der Waals surface area contributed by atoms with E-state index in [2.05, 4.69) is 23.3 Å². The first-order valence-electron chi connectivity index (χ1n) is 9.82. The first-order valence-corrected chi connectivity index (χ1v) is 11.6. The number of amides is 1. The minimum absolute atomic E-state index is 0.0588. The van der Waals surface area contributed by atoms with Gasteiger partial charge in [0.1, 0.15) is 0 Å². The van der Waals surface area contributed by atoms with Crippen LogP contribution in [0.4, 0.5) is 0 Å². The maximum Gasteiger partial charge on any atom is 0.252 e. The number of nitrogens with one attached hydrogen (secondary N) is 1. The normalized spacial score (nSPS) is 24.4. The fourth-order valence-corrected chi connectivity index (χ4v) is 6.07. The van der Waals surface area contributed by atoms with Gasteiger partial charge in [-0.15, -0.1) is 0 Å². The summed E-state index contributed by atoms with van der Waals surface area (Å²) < 4.78 is 29.2. The third-order valence-corrected chi connectivity index (χ3v) is 7.55. The summed E-state index contributed by atoms with van der Waals surface area (Å²) in [6.45, 7) is 1.93. The van der Waals surface area contributed by atoms with Crippen molar-refractivity contribution in [1.82, 2.24) is 10.2 Å². The number of rotatable bonds is 4. The number of nitrogens with zero attached hydrogens (tertiary/aromatic N) is 1. The van der Waals surface area contributed by atoms with Gasteiger partial charge in [-0.1, -0.05) is 36.4 Å². The third-order valence-electron chi connectivity index (χ3n) is 5.85. The molecule has 2 atom stereocenters. The molecule has 2 heterocycles. The maximum absolute atomic E-state index is 13.0. The molecule has 2 aliphatic rings. The largest absolute Gasteiger partial charge is 0.378 e. The van der Waals surface area contributed by atoms with Gasteiger partial charge >= 0.3 is 0 Å². The van der Waals surface area contributed by atoms with Crippen molar-refractivity contribution in [2.45, 2.75) is 18.6 Å². The lowest BCUT2D eigenvalue weighted by Gasteiger charge is -2.23. The molecule has 2 aromatic carbocycles. The van der Waals surface area contributed by atoms with E-state index >= 15 is 0 Å². The summed E-state index contributed by atoms with van der Waals surface area (Å²) in [5, 5.41) is 4.80. The molecule has 4 rings (SSSR count). The molecule has 154 valence electrons. The Hall–Kier alpha value is -2.22. The van der Waals surface area contributed by atoms with E-state index in [1.165, 1.54) is 12.7 Å². The lowest BCUT2D eigenvalue weighted by molar-refractivity contribution is 0.0787. The predicted octanol–water partition coefficient (Wildman–Crippen LogP) is 2.10. The maximum atomic E-state index is 13.0. The van der Waals surface area contributed by atoms with Gasteiger partial charge in [-0.3, -0.25) is 4.79 Å². The molecule has 1 N–H and O–H groups in total. The van der Waals surface area contributed by atoms with Gasteiger partial charge in [-0.2, -0.15) is 0 Å². The van der Waals surface area contributed by atoms with Crippen molar-refractivity contribution >= 4 is 32.1 Å². The number of hydrogen-bond donors (Lipinski definition) is 1. The molecule has 29 heavy (non-hydrogen) atoms. The molecule has 0 radical (unpaired) electrons. The molecule has 7 heteroatoms. The van der Waals surface area contributed by atoms with Crippen molar-refractivity contribution in [1.29, 1.82) is 0 Å². The molecule has 0 unspecified atom stereocenters. The number of ether oxygens (including phenoxy) is 1. The zero-order chi connectivity index (χ0) is 20.6. The first-order chi connectivity index (χ1) is 13.9. The molecule has 2 aromatic rings. The van der Waals surface area contributed by atoms with Gasteiger partial charge < -0.3 is 15.0 Å². The number of carbonyl (C=O) groups is 1. The number of benzene rings is 2. The molecule has 1 amide bonds. The molecule has 0 spiro atoms. The molecule has 1 saturated heterocycles. The monoisotopic (exact) mass is 414 g/mol. The smallest absolute Gasteiger partial charge is 0.252 e. The summed E-state index contributed by atoms with van der Waals surface area (Å²) in [6, 6.07) is 11.2. The van der Waals surface area contributed by atoms with Crippen LogP contribution in [0.1, 0.15) is 22.3 Å². The highest BCUT2D eigenvalue weighted by molar-refractivity contribution is 7.91. The highest BCUT2D eigenvalue weighted by Gasteiger charge is 2.39. The van der Waals surface area contributed by atoms with Crippen LogP contribution in [-0.2, 0) is 14.6 Å². The Morgan fingerprint density at radius 1 is 1.14 bits per heavy atom. The number of carbonyl (C=O) groups excluding carboxylic acids is 1. The summed E-state index contributed by atoms with van der Waals surface area (Å²) in [7, 11) is 0.379. The molecule has 0 aromatic heterocycles. The van der Waals surface area contributed by atoms with E-state index in [4.69, 9.17) is 4.74 Å². The first kappa shape index (κ1) is 20.1. The van der Waals surface area contributed by atoms with Crippen LogP contribution < -0.4 is 5.32 Å². The predicted molar refractivity (Wildman–Crippen MR) is 115 cm³/mol. The van der Waals surface area contributed by atoms with Crippen molar-refractivity contribution in [3.8, 4) is 0 Å². The lowest BCUT2D eigenvalue weighted by Crippen LogP contribution is -2.43. The Morgan fingerprint density at radius 3 is 2.59 bits per heavy atom. The van der Waals surface area contributed by atoms with E-state index in [-0.39, 0.29) is 17.4 Å². The Morgan fingerprint density at radius 2 is 1.90 bits per heavy atom. The summed E-state index contributed by atoms with van der Waals surface area (Å²) in [5.74, 6) is -0.418. The number of likely N-dealkylation sites (N-methyl/N-ethyl adjacent to an activating group) is 1. The van der Waals surface area contributed by atoms with Crippen LogP contribution in [0.25, 0.3) is 16.3 Å². The second-order valence-corrected chi connectivity index (χ2v) is 10.0. The van der Waals surface area contributed by atoms with Crippen LogP contribution >= 0.6 is 0 Å². The van der Waals surface area contributed by atoms with E-state index in [9.17, 15) is 13.2 Å². The number of methoxy groups -OCH3 is 1. The zero-order valence-electron chi connectivity index (χ0n) is 16.7. The van der Waals surface area contributed by atoms with E-state index < -0.39 is 22.0 Å². The number of sulfone groups is 1. The molecule has 0 aliphatic carbocycles. The van der Waals surface area contributed by atoms with E-state index in [1.54, 1.807) is 0 Å².